The van der Waals surface area contributed by atoms with Crippen molar-refractivity contribution < 1.29 is 13.2 Å². The first-order valence-corrected chi connectivity index (χ1v) is 8.59. The third-order valence-corrected chi connectivity index (χ3v) is 4.47. The van der Waals surface area contributed by atoms with Gasteiger partial charge in [-0.15, -0.1) is 0 Å². The van der Waals surface area contributed by atoms with Gasteiger partial charge in [0.15, 0.2) is 0 Å². The van der Waals surface area contributed by atoms with Crippen molar-refractivity contribution >= 4 is 21.6 Å². The summed E-state index contributed by atoms with van der Waals surface area (Å²) >= 11 is 0. The Hall–Kier alpha value is -2.34. The second-order valence-corrected chi connectivity index (χ2v) is 6.93. The molecule has 0 saturated heterocycles. The number of para-hydroxylation sites is 1. The molecule has 0 heterocycles. The summed E-state index contributed by atoms with van der Waals surface area (Å²) in [6.45, 7) is 0.386. The summed E-state index contributed by atoms with van der Waals surface area (Å²) in [5.74, 6) is -0.310. The lowest BCUT2D eigenvalue weighted by Gasteiger charge is -2.19. The highest BCUT2D eigenvalue weighted by Gasteiger charge is 2.19. The van der Waals surface area contributed by atoms with Crippen LogP contribution in [0.5, 0.6) is 0 Å². The zero-order valence-electron chi connectivity index (χ0n) is 12.5. The Bertz CT molecular complexity index is 758. The van der Waals surface area contributed by atoms with Crippen LogP contribution in [0.4, 0.5) is 5.69 Å². The Balaban J connectivity index is 2.20. The Morgan fingerprint density at radius 3 is 2.27 bits per heavy atom. The molecule has 0 unspecified atom stereocenters. The standard InChI is InChI=1S/C16H18N2O3S/c1-18(22(2,20)21)15-11-7-6-10-14(15)16(19)17-12-13-8-4-3-5-9-13/h3-11H,12H2,1-2H3,(H,17,19). The van der Waals surface area contributed by atoms with Gasteiger partial charge in [0, 0.05) is 13.6 Å². The monoisotopic (exact) mass is 318 g/mol. The number of hydrogen-bond donors (Lipinski definition) is 1. The Labute approximate surface area is 130 Å². The topological polar surface area (TPSA) is 66.5 Å². The van der Waals surface area contributed by atoms with Crippen LogP contribution in [0, 0.1) is 0 Å². The lowest BCUT2D eigenvalue weighted by molar-refractivity contribution is 0.0951. The number of nitrogens with one attached hydrogen (secondary N) is 1. The fourth-order valence-corrected chi connectivity index (χ4v) is 2.51. The van der Waals surface area contributed by atoms with Gasteiger partial charge in [0.25, 0.3) is 5.91 Å². The predicted octanol–water partition coefficient (Wildman–Crippen LogP) is 2.01. The van der Waals surface area contributed by atoms with Crippen LogP contribution < -0.4 is 9.62 Å². The van der Waals surface area contributed by atoms with E-state index in [4.69, 9.17) is 0 Å². The molecular formula is C16H18N2O3S. The fraction of sp³-hybridized carbons (Fsp3) is 0.188. The normalized spacial score (nSPS) is 11.0. The molecule has 2 aromatic rings. The van der Waals surface area contributed by atoms with Crippen LogP contribution in [0.1, 0.15) is 15.9 Å². The lowest BCUT2D eigenvalue weighted by atomic mass is 10.1. The van der Waals surface area contributed by atoms with E-state index in [-0.39, 0.29) is 5.91 Å². The van der Waals surface area contributed by atoms with Crippen molar-refractivity contribution in [2.45, 2.75) is 6.54 Å². The third-order valence-electron chi connectivity index (χ3n) is 3.28. The Morgan fingerprint density at radius 2 is 1.64 bits per heavy atom. The molecule has 5 nitrogen and oxygen atoms in total. The number of sulfonamides is 1. The lowest BCUT2D eigenvalue weighted by Crippen LogP contribution is -2.29. The first-order chi connectivity index (χ1) is 10.4. The van der Waals surface area contributed by atoms with E-state index in [1.54, 1.807) is 24.3 Å². The minimum Gasteiger partial charge on any atom is -0.348 e. The molecule has 22 heavy (non-hydrogen) atoms. The van der Waals surface area contributed by atoms with E-state index in [1.165, 1.54) is 7.05 Å². The van der Waals surface area contributed by atoms with Crippen molar-refractivity contribution in [1.29, 1.82) is 0 Å². The maximum atomic E-state index is 12.3. The van der Waals surface area contributed by atoms with Crippen molar-refractivity contribution in [3.05, 3.63) is 65.7 Å². The summed E-state index contributed by atoms with van der Waals surface area (Å²) < 4.78 is 24.5. The average Bonchev–Trinajstić information content (AvgIpc) is 2.52. The molecule has 1 amide bonds. The number of carbonyl (C=O) groups excluding carboxylic acids is 1. The minimum absolute atomic E-state index is 0.310. The Kier molecular flexibility index (Phi) is 4.82. The fourth-order valence-electron chi connectivity index (χ4n) is 1.99. The highest BCUT2D eigenvalue weighted by molar-refractivity contribution is 7.92. The molecule has 0 saturated carbocycles. The van der Waals surface area contributed by atoms with E-state index in [9.17, 15) is 13.2 Å². The van der Waals surface area contributed by atoms with E-state index < -0.39 is 10.0 Å². The Morgan fingerprint density at radius 1 is 1.05 bits per heavy atom. The summed E-state index contributed by atoms with van der Waals surface area (Å²) in [5.41, 5.74) is 1.66. The average molecular weight is 318 g/mol. The van der Waals surface area contributed by atoms with Crippen molar-refractivity contribution in [2.75, 3.05) is 17.6 Å². The van der Waals surface area contributed by atoms with Crippen LogP contribution in [0.15, 0.2) is 54.6 Å². The van der Waals surface area contributed by atoms with Gasteiger partial charge in [-0.25, -0.2) is 8.42 Å². The molecule has 6 heteroatoms. The number of amides is 1. The zero-order chi connectivity index (χ0) is 16.2. The van der Waals surface area contributed by atoms with Crippen LogP contribution in [-0.4, -0.2) is 27.6 Å². The molecule has 0 aromatic heterocycles. The van der Waals surface area contributed by atoms with Gasteiger partial charge in [-0.05, 0) is 17.7 Å². The van der Waals surface area contributed by atoms with Crippen molar-refractivity contribution in [2.24, 2.45) is 0 Å². The smallest absolute Gasteiger partial charge is 0.253 e. The molecule has 1 N–H and O–H groups in total. The van der Waals surface area contributed by atoms with Crippen LogP contribution in [0.3, 0.4) is 0 Å². The van der Waals surface area contributed by atoms with Gasteiger partial charge in [-0.2, -0.15) is 0 Å². The van der Waals surface area contributed by atoms with Gasteiger partial charge in [0.2, 0.25) is 10.0 Å². The summed E-state index contributed by atoms with van der Waals surface area (Å²) in [5, 5.41) is 2.80. The van der Waals surface area contributed by atoms with Crippen LogP contribution >= 0.6 is 0 Å². The number of carbonyl (C=O) groups is 1. The van der Waals surface area contributed by atoms with Crippen molar-refractivity contribution in [1.82, 2.24) is 5.32 Å². The molecule has 0 aliphatic rings. The third kappa shape index (κ3) is 3.85. The van der Waals surface area contributed by atoms with Gasteiger partial charge in [-0.1, -0.05) is 42.5 Å². The van der Waals surface area contributed by atoms with Gasteiger partial charge in [0.05, 0.1) is 17.5 Å². The number of anilines is 1. The summed E-state index contributed by atoms with van der Waals surface area (Å²) in [7, 11) is -2.00. The molecule has 0 aliphatic carbocycles. The molecule has 0 spiro atoms. The van der Waals surface area contributed by atoms with Crippen molar-refractivity contribution in [3.8, 4) is 0 Å². The van der Waals surface area contributed by atoms with E-state index in [0.717, 1.165) is 16.1 Å². The predicted molar refractivity (Wildman–Crippen MR) is 87.3 cm³/mol. The second kappa shape index (κ2) is 6.62. The number of nitrogens with zero attached hydrogens (tertiary/aromatic N) is 1. The SMILES string of the molecule is CN(c1ccccc1C(=O)NCc1ccccc1)S(C)(=O)=O. The van der Waals surface area contributed by atoms with E-state index in [0.29, 0.717) is 17.8 Å². The molecule has 0 atom stereocenters. The largest absolute Gasteiger partial charge is 0.348 e. The first-order valence-electron chi connectivity index (χ1n) is 6.74. The molecule has 116 valence electrons. The highest BCUT2D eigenvalue weighted by Crippen LogP contribution is 2.21. The molecule has 0 fully saturated rings. The van der Waals surface area contributed by atoms with Gasteiger partial charge >= 0.3 is 0 Å². The second-order valence-electron chi connectivity index (χ2n) is 4.92. The molecule has 2 rings (SSSR count). The van der Waals surface area contributed by atoms with Crippen LogP contribution in [0.25, 0.3) is 0 Å². The summed E-state index contributed by atoms with van der Waals surface area (Å²) in [6.07, 6.45) is 1.10. The van der Waals surface area contributed by atoms with Crippen molar-refractivity contribution in [3.63, 3.8) is 0 Å². The maximum absolute atomic E-state index is 12.3. The molecule has 0 radical (unpaired) electrons. The molecule has 0 aliphatic heterocycles. The number of benzene rings is 2. The quantitative estimate of drug-likeness (QED) is 0.917. The van der Waals surface area contributed by atoms with Gasteiger partial charge in [0.1, 0.15) is 0 Å². The van der Waals surface area contributed by atoms with E-state index >= 15 is 0 Å². The zero-order valence-corrected chi connectivity index (χ0v) is 13.3. The van der Waals surface area contributed by atoms with Gasteiger partial charge < -0.3 is 5.32 Å². The van der Waals surface area contributed by atoms with E-state index in [2.05, 4.69) is 5.32 Å². The first kappa shape index (κ1) is 16.0. The maximum Gasteiger partial charge on any atom is 0.253 e. The molecule has 0 bridgehead atoms. The number of rotatable bonds is 5. The summed E-state index contributed by atoms with van der Waals surface area (Å²) in [6, 6.07) is 16.1. The van der Waals surface area contributed by atoms with E-state index in [1.807, 2.05) is 30.3 Å². The minimum atomic E-state index is -3.43. The van der Waals surface area contributed by atoms with Crippen LogP contribution in [0.2, 0.25) is 0 Å². The van der Waals surface area contributed by atoms with Gasteiger partial charge in [-0.3, -0.25) is 9.10 Å². The number of hydrogen-bond acceptors (Lipinski definition) is 3. The molecular weight excluding hydrogens is 300 g/mol. The summed E-state index contributed by atoms with van der Waals surface area (Å²) in [4.78, 5) is 12.3. The highest BCUT2D eigenvalue weighted by atomic mass is 32.2. The molecule has 2 aromatic carbocycles. The van der Waals surface area contributed by atoms with Crippen LogP contribution in [-0.2, 0) is 16.6 Å².